The van der Waals surface area contributed by atoms with E-state index in [0.29, 0.717) is 12.0 Å². The van der Waals surface area contributed by atoms with Gasteiger partial charge in [-0.1, -0.05) is 11.3 Å². The van der Waals surface area contributed by atoms with Gasteiger partial charge in [0.15, 0.2) is 5.13 Å². The third-order valence-electron chi connectivity index (χ3n) is 3.93. The number of benzene rings is 1. The van der Waals surface area contributed by atoms with Gasteiger partial charge in [-0.2, -0.15) is 0 Å². The maximum absolute atomic E-state index is 12.5. The van der Waals surface area contributed by atoms with E-state index in [9.17, 15) is 4.79 Å². The van der Waals surface area contributed by atoms with Crippen LogP contribution in [-0.4, -0.2) is 21.5 Å². The molecule has 0 bridgehead atoms. The Hall–Kier alpha value is -2.86. The molecule has 1 atom stereocenters. The lowest BCUT2D eigenvalue weighted by atomic mass is 10.1. The van der Waals surface area contributed by atoms with E-state index in [0.717, 1.165) is 21.1 Å². The van der Waals surface area contributed by atoms with E-state index in [4.69, 9.17) is 4.42 Å². The van der Waals surface area contributed by atoms with Crippen LogP contribution in [0.5, 0.6) is 0 Å². The summed E-state index contributed by atoms with van der Waals surface area (Å²) >= 11 is 1.57. The number of furan rings is 1. The summed E-state index contributed by atoms with van der Waals surface area (Å²) < 4.78 is 8.29. The van der Waals surface area contributed by atoms with Crippen molar-refractivity contribution in [2.75, 3.05) is 0 Å². The number of fused-ring (bicyclic) bond motifs is 1. The number of hydrogen-bond donors (Lipinski definition) is 1. The van der Waals surface area contributed by atoms with Crippen molar-refractivity contribution < 1.29 is 9.21 Å². The smallest absolute Gasteiger partial charge is 0.251 e. The van der Waals surface area contributed by atoms with E-state index in [2.05, 4.69) is 10.3 Å². The third kappa shape index (κ3) is 3.34. The molecule has 0 spiro atoms. The Morgan fingerprint density at radius 1 is 1.28 bits per heavy atom. The highest BCUT2D eigenvalue weighted by Crippen LogP contribution is 2.26. The first-order chi connectivity index (χ1) is 12.2. The van der Waals surface area contributed by atoms with Crippen LogP contribution in [0.3, 0.4) is 0 Å². The van der Waals surface area contributed by atoms with E-state index in [1.54, 1.807) is 17.6 Å². The summed E-state index contributed by atoms with van der Waals surface area (Å²) in [6.07, 6.45) is 6.23. The summed E-state index contributed by atoms with van der Waals surface area (Å²) in [4.78, 5) is 17.1. The van der Waals surface area contributed by atoms with E-state index >= 15 is 0 Å². The molecule has 5 nitrogen and oxygen atoms in total. The molecule has 0 aliphatic carbocycles. The molecule has 126 valence electrons. The number of rotatable bonds is 5. The molecule has 0 saturated heterocycles. The predicted octanol–water partition coefficient (Wildman–Crippen LogP) is 4.04. The number of nitrogens with zero attached hydrogens (tertiary/aromatic N) is 2. The number of aromatic nitrogens is 2. The standard InChI is InChI=1S/C19H17N3O2S/c1-13(11-15-5-4-10-24-15)20-18(23)14-6-7-16-17(12-14)25-19(21-16)22-8-2-3-9-22/h2-10,12-13H,11H2,1H3,(H,20,23)/t13-/m1/s1. The Balaban J connectivity index is 1.51. The maximum atomic E-state index is 12.5. The Labute approximate surface area is 148 Å². The van der Waals surface area contributed by atoms with Crippen molar-refractivity contribution >= 4 is 27.5 Å². The SMILES string of the molecule is C[C@H](Cc1ccco1)NC(=O)c1ccc2nc(-n3cccc3)sc2c1. The van der Waals surface area contributed by atoms with Gasteiger partial charge in [0.2, 0.25) is 0 Å². The molecular formula is C19H17N3O2S. The van der Waals surface area contributed by atoms with E-state index in [1.165, 1.54) is 0 Å². The van der Waals surface area contributed by atoms with Crippen molar-refractivity contribution in [3.8, 4) is 5.13 Å². The van der Waals surface area contributed by atoms with Crippen molar-refractivity contribution in [1.29, 1.82) is 0 Å². The second-order valence-electron chi connectivity index (χ2n) is 5.93. The average molecular weight is 351 g/mol. The lowest BCUT2D eigenvalue weighted by molar-refractivity contribution is 0.0939. The fourth-order valence-electron chi connectivity index (χ4n) is 2.71. The van der Waals surface area contributed by atoms with Crippen LogP contribution in [0.1, 0.15) is 23.0 Å². The topological polar surface area (TPSA) is 60.1 Å². The minimum atomic E-state index is -0.0862. The first-order valence-corrected chi connectivity index (χ1v) is 8.88. The number of amides is 1. The zero-order valence-electron chi connectivity index (χ0n) is 13.7. The largest absolute Gasteiger partial charge is 0.469 e. The van der Waals surface area contributed by atoms with Gasteiger partial charge in [0.05, 0.1) is 16.5 Å². The molecule has 1 aromatic carbocycles. The highest BCUT2D eigenvalue weighted by atomic mass is 32.1. The molecular weight excluding hydrogens is 334 g/mol. The summed E-state index contributed by atoms with van der Waals surface area (Å²) in [6, 6.07) is 13.3. The van der Waals surface area contributed by atoms with Gasteiger partial charge < -0.3 is 14.3 Å². The highest BCUT2D eigenvalue weighted by molar-refractivity contribution is 7.20. The van der Waals surface area contributed by atoms with Crippen LogP contribution in [0.15, 0.2) is 65.5 Å². The van der Waals surface area contributed by atoms with Gasteiger partial charge >= 0.3 is 0 Å². The number of thiazole rings is 1. The fraction of sp³-hybridized carbons (Fsp3) is 0.158. The zero-order chi connectivity index (χ0) is 17.2. The Kier molecular flexibility index (Phi) is 4.11. The van der Waals surface area contributed by atoms with Gasteiger partial charge in [0.1, 0.15) is 5.76 Å². The number of hydrogen-bond acceptors (Lipinski definition) is 4. The van der Waals surface area contributed by atoms with Crippen LogP contribution >= 0.6 is 11.3 Å². The van der Waals surface area contributed by atoms with E-state index in [1.807, 2.05) is 66.3 Å². The monoisotopic (exact) mass is 351 g/mol. The van der Waals surface area contributed by atoms with Crippen molar-refractivity contribution in [2.45, 2.75) is 19.4 Å². The predicted molar refractivity (Wildman–Crippen MR) is 98.3 cm³/mol. The van der Waals surface area contributed by atoms with Gasteiger partial charge in [-0.15, -0.1) is 0 Å². The summed E-state index contributed by atoms with van der Waals surface area (Å²) in [5, 5.41) is 3.91. The minimum absolute atomic E-state index is 0.00811. The Morgan fingerprint density at radius 2 is 2.12 bits per heavy atom. The molecule has 0 radical (unpaired) electrons. The van der Waals surface area contributed by atoms with Crippen LogP contribution in [-0.2, 0) is 6.42 Å². The second-order valence-corrected chi connectivity index (χ2v) is 6.94. The molecule has 4 rings (SSSR count). The average Bonchev–Trinajstić information content (AvgIpc) is 3.34. The minimum Gasteiger partial charge on any atom is -0.469 e. The Morgan fingerprint density at radius 3 is 2.88 bits per heavy atom. The number of nitrogens with one attached hydrogen (secondary N) is 1. The summed E-state index contributed by atoms with van der Waals surface area (Å²) in [5.74, 6) is 0.777. The first kappa shape index (κ1) is 15.7. The molecule has 25 heavy (non-hydrogen) atoms. The van der Waals surface area contributed by atoms with Gasteiger partial charge in [0, 0.05) is 30.4 Å². The zero-order valence-corrected chi connectivity index (χ0v) is 14.5. The molecule has 3 aromatic heterocycles. The van der Waals surface area contributed by atoms with Gasteiger partial charge in [-0.05, 0) is 49.4 Å². The van der Waals surface area contributed by atoms with Crippen LogP contribution in [0.2, 0.25) is 0 Å². The van der Waals surface area contributed by atoms with Gasteiger partial charge in [-0.3, -0.25) is 4.79 Å². The molecule has 6 heteroatoms. The highest BCUT2D eigenvalue weighted by Gasteiger charge is 2.13. The Bertz CT molecular complexity index is 987. The normalized spacial score (nSPS) is 12.4. The van der Waals surface area contributed by atoms with Crippen molar-refractivity contribution in [1.82, 2.24) is 14.9 Å². The van der Waals surface area contributed by atoms with Crippen LogP contribution in [0.25, 0.3) is 15.3 Å². The van der Waals surface area contributed by atoms with Crippen LogP contribution in [0.4, 0.5) is 0 Å². The summed E-state index contributed by atoms with van der Waals surface area (Å²) in [5.41, 5.74) is 1.54. The van der Waals surface area contributed by atoms with Crippen molar-refractivity contribution in [3.63, 3.8) is 0 Å². The van der Waals surface area contributed by atoms with Gasteiger partial charge in [0.25, 0.3) is 5.91 Å². The van der Waals surface area contributed by atoms with Gasteiger partial charge in [-0.25, -0.2) is 4.98 Å². The summed E-state index contributed by atoms with van der Waals surface area (Å²) in [6.45, 7) is 1.97. The maximum Gasteiger partial charge on any atom is 0.251 e. The van der Waals surface area contributed by atoms with Crippen molar-refractivity contribution in [3.05, 3.63) is 72.4 Å². The third-order valence-corrected chi connectivity index (χ3v) is 4.96. The molecule has 0 aliphatic heterocycles. The molecule has 1 N–H and O–H groups in total. The molecule has 0 saturated carbocycles. The molecule has 3 heterocycles. The molecule has 4 aromatic rings. The number of carbonyl (C=O) groups excluding carboxylic acids is 1. The van der Waals surface area contributed by atoms with Crippen molar-refractivity contribution in [2.24, 2.45) is 0 Å². The van der Waals surface area contributed by atoms with E-state index < -0.39 is 0 Å². The second kappa shape index (κ2) is 6.57. The van der Waals surface area contributed by atoms with E-state index in [-0.39, 0.29) is 11.9 Å². The quantitative estimate of drug-likeness (QED) is 0.590. The first-order valence-electron chi connectivity index (χ1n) is 8.06. The lowest BCUT2D eigenvalue weighted by Crippen LogP contribution is -2.33. The molecule has 0 aliphatic rings. The fourth-order valence-corrected chi connectivity index (χ4v) is 3.69. The summed E-state index contributed by atoms with van der Waals surface area (Å²) in [7, 11) is 0. The lowest BCUT2D eigenvalue weighted by Gasteiger charge is -2.12. The molecule has 0 unspecified atom stereocenters. The van der Waals surface area contributed by atoms with Crippen LogP contribution < -0.4 is 5.32 Å². The molecule has 0 fully saturated rings. The number of carbonyl (C=O) groups is 1. The van der Waals surface area contributed by atoms with Crippen LogP contribution in [0, 0.1) is 0 Å². The molecule has 1 amide bonds.